The second-order valence-electron chi connectivity index (χ2n) is 5.51. The van der Waals surface area contributed by atoms with Gasteiger partial charge in [-0.2, -0.15) is 5.10 Å². The zero-order chi connectivity index (χ0) is 15.5. The monoisotopic (exact) mass is 301 g/mol. The minimum atomic E-state index is -0.285. The summed E-state index contributed by atoms with van der Waals surface area (Å²) in [6, 6.07) is 1.78. The lowest BCUT2D eigenvalue weighted by molar-refractivity contribution is -0.121. The van der Waals surface area contributed by atoms with E-state index >= 15 is 0 Å². The molecule has 1 aliphatic heterocycles. The zero-order valence-corrected chi connectivity index (χ0v) is 12.7. The molecule has 2 atom stereocenters. The maximum atomic E-state index is 12.3. The predicted octanol–water partition coefficient (Wildman–Crippen LogP) is 1.01. The van der Waals surface area contributed by atoms with Gasteiger partial charge in [0, 0.05) is 19.0 Å². The van der Waals surface area contributed by atoms with Gasteiger partial charge in [0.1, 0.15) is 11.9 Å². The van der Waals surface area contributed by atoms with Crippen LogP contribution in [0.3, 0.4) is 0 Å². The molecule has 7 heteroatoms. The van der Waals surface area contributed by atoms with Gasteiger partial charge in [-0.15, -0.1) is 0 Å². The Labute approximate surface area is 128 Å². The van der Waals surface area contributed by atoms with Crippen LogP contribution in [-0.4, -0.2) is 38.7 Å². The Balaban J connectivity index is 1.64. The first-order valence-electron chi connectivity index (χ1n) is 7.33. The summed E-state index contributed by atoms with van der Waals surface area (Å²) in [6.07, 6.45) is 4.28. The van der Waals surface area contributed by atoms with E-state index in [1.54, 1.807) is 12.4 Å². The van der Waals surface area contributed by atoms with Crippen LogP contribution in [0.4, 0.5) is 0 Å². The van der Waals surface area contributed by atoms with Gasteiger partial charge in [0.25, 0.3) is 0 Å². The fourth-order valence-corrected chi connectivity index (χ4v) is 2.61. The average Bonchev–Trinajstić information content (AvgIpc) is 3.10. The van der Waals surface area contributed by atoms with Crippen LogP contribution >= 0.6 is 0 Å². The van der Waals surface area contributed by atoms with E-state index in [1.165, 1.54) is 0 Å². The number of nitrogens with one attached hydrogen (secondary N) is 2. The molecule has 0 spiro atoms. The third-order valence-corrected chi connectivity index (χ3v) is 3.79. The van der Waals surface area contributed by atoms with Gasteiger partial charge in [0.2, 0.25) is 5.91 Å². The fraction of sp³-hybridized carbons (Fsp3) is 0.467. The van der Waals surface area contributed by atoms with Crippen molar-refractivity contribution in [1.29, 1.82) is 0 Å². The van der Waals surface area contributed by atoms with Gasteiger partial charge < -0.3 is 10.1 Å². The highest BCUT2D eigenvalue weighted by atomic mass is 16.5. The summed E-state index contributed by atoms with van der Waals surface area (Å²) in [5, 5.41) is 9.97. The molecule has 0 unspecified atom stereocenters. The molecule has 0 bridgehead atoms. The first kappa shape index (κ1) is 14.6. The van der Waals surface area contributed by atoms with Gasteiger partial charge >= 0.3 is 0 Å². The number of H-pyrrole nitrogens is 1. The van der Waals surface area contributed by atoms with Crippen LogP contribution in [0.25, 0.3) is 0 Å². The number of hydrogen-bond donors (Lipinski definition) is 2. The molecule has 0 saturated carbocycles. The predicted molar refractivity (Wildman–Crippen MR) is 79.0 cm³/mol. The van der Waals surface area contributed by atoms with E-state index in [0.717, 1.165) is 23.4 Å². The number of carbonyl (C=O) groups is 1. The topological polar surface area (TPSA) is 92.8 Å². The van der Waals surface area contributed by atoms with Crippen molar-refractivity contribution in [3.05, 3.63) is 41.2 Å². The largest absolute Gasteiger partial charge is 0.368 e. The molecule has 1 saturated heterocycles. The van der Waals surface area contributed by atoms with Crippen LogP contribution in [0.5, 0.6) is 0 Å². The van der Waals surface area contributed by atoms with Crippen molar-refractivity contribution in [2.75, 3.05) is 6.61 Å². The molecule has 2 N–H and O–H groups in total. The van der Waals surface area contributed by atoms with Crippen LogP contribution in [0.2, 0.25) is 0 Å². The number of aryl methyl sites for hydroxylation is 2. The quantitative estimate of drug-likeness (QED) is 0.879. The Morgan fingerprint density at radius 2 is 2.36 bits per heavy atom. The fourth-order valence-electron chi connectivity index (χ4n) is 2.61. The van der Waals surface area contributed by atoms with Gasteiger partial charge in [0.05, 0.1) is 12.5 Å². The van der Waals surface area contributed by atoms with Crippen LogP contribution in [0.1, 0.15) is 35.3 Å². The molecule has 22 heavy (non-hydrogen) atoms. The summed E-state index contributed by atoms with van der Waals surface area (Å²) in [6.45, 7) is 4.39. The summed E-state index contributed by atoms with van der Waals surface area (Å²) in [5.74, 6) is 1.31. The van der Waals surface area contributed by atoms with E-state index in [-0.39, 0.29) is 18.1 Å². The van der Waals surface area contributed by atoms with E-state index < -0.39 is 0 Å². The summed E-state index contributed by atoms with van der Waals surface area (Å²) in [4.78, 5) is 20.6. The highest BCUT2D eigenvalue weighted by Crippen LogP contribution is 2.26. The highest BCUT2D eigenvalue weighted by molar-refractivity contribution is 5.79. The number of carbonyl (C=O) groups excluding carboxylic acids is 1. The van der Waals surface area contributed by atoms with E-state index in [1.807, 2.05) is 19.9 Å². The van der Waals surface area contributed by atoms with E-state index in [2.05, 4.69) is 25.5 Å². The summed E-state index contributed by atoms with van der Waals surface area (Å²) >= 11 is 0. The molecular formula is C15H19N5O2. The van der Waals surface area contributed by atoms with Gasteiger partial charge in [0.15, 0.2) is 5.82 Å². The number of aromatic amines is 1. The highest BCUT2D eigenvalue weighted by Gasteiger charge is 2.33. The Kier molecular flexibility index (Phi) is 4.15. The number of rotatable bonds is 4. The molecule has 7 nitrogen and oxygen atoms in total. The maximum Gasteiger partial charge on any atom is 0.224 e. The zero-order valence-electron chi connectivity index (χ0n) is 12.7. The van der Waals surface area contributed by atoms with Crippen molar-refractivity contribution in [3.8, 4) is 0 Å². The minimum Gasteiger partial charge on any atom is -0.368 e. The smallest absolute Gasteiger partial charge is 0.224 e. The van der Waals surface area contributed by atoms with Crippen LogP contribution in [-0.2, 0) is 16.0 Å². The number of ether oxygens (including phenoxy) is 1. The Morgan fingerprint density at radius 1 is 1.50 bits per heavy atom. The molecular weight excluding hydrogens is 282 g/mol. The second-order valence-corrected chi connectivity index (χ2v) is 5.51. The molecule has 0 aliphatic carbocycles. The molecule has 0 aromatic carbocycles. The van der Waals surface area contributed by atoms with Crippen molar-refractivity contribution in [3.63, 3.8) is 0 Å². The van der Waals surface area contributed by atoms with Gasteiger partial charge in [-0.25, -0.2) is 4.98 Å². The number of pyridine rings is 1. The Hall–Kier alpha value is -2.28. The molecule has 1 aliphatic rings. The van der Waals surface area contributed by atoms with Gasteiger partial charge in [-0.3, -0.25) is 14.9 Å². The Bertz CT molecular complexity index is 669. The third-order valence-electron chi connectivity index (χ3n) is 3.79. The van der Waals surface area contributed by atoms with Crippen molar-refractivity contribution in [1.82, 2.24) is 25.5 Å². The maximum absolute atomic E-state index is 12.3. The van der Waals surface area contributed by atoms with Crippen molar-refractivity contribution in [2.45, 2.75) is 38.8 Å². The second kappa shape index (κ2) is 6.23. The van der Waals surface area contributed by atoms with E-state index in [0.29, 0.717) is 18.9 Å². The molecule has 116 valence electrons. The molecule has 3 heterocycles. The molecule has 3 rings (SSSR count). The standard InChI is InChI=1S/C15H19N5O2/c1-9-8-16-5-3-11(9)7-13(21)18-12-4-6-22-14(12)15-17-10(2)19-20-15/h3,5,8,12,14H,4,6-7H2,1-2H3,(H,18,21)(H,17,19,20)/t12-,14+/m0/s1. The van der Waals surface area contributed by atoms with Crippen molar-refractivity contribution >= 4 is 5.91 Å². The van der Waals surface area contributed by atoms with Crippen molar-refractivity contribution in [2.24, 2.45) is 0 Å². The Morgan fingerprint density at radius 3 is 3.09 bits per heavy atom. The third kappa shape index (κ3) is 3.14. The van der Waals surface area contributed by atoms with Gasteiger partial charge in [-0.1, -0.05) is 0 Å². The van der Waals surface area contributed by atoms with E-state index in [4.69, 9.17) is 4.74 Å². The molecule has 1 fully saturated rings. The van der Waals surface area contributed by atoms with Gasteiger partial charge in [-0.05, 0) is 37.5 Å². The lowest BCUT2D eigenvalue weighted by atomic mass is 10.1. The molecule has 2 aromatic rings. The first-order chi connectivity index (χ1) is 10.6. The molecule has 2 aromatic heterocycles. The van der Waals surface area contributed by atoms with Crippen LogP contribution in [0, 0.1) is 13.8 Å². The lowest BCUT2D eigenvalue weighted by Gasteiger charge is -2.17. The van der Waals surface area contributed by atoms with Crippen LogP contribution < -0.4 is 5.32 Å². The average molecular weight is 301 g/mol. The first-order valence-corrected chi connectivity index (χ1v) is 7.33. The summed E-state index contributed by atoms with van der Waals surface area (Å²) in [7, 11) is 0. The number of aromatic nitrogens is 4. The SMILES string of the molecule is Cc1nc([C@@H]2OCC[C@@H]2NC(=O)Cc2ccncc2C)n[nH]1. The normalized spacial score (nSPS) is 21.0. The molecule has 0 radical (unpaired) electrons. The van der Waals surface area contributed by atoms with Crippen molar-refractivity contribution < 1.29 is 9.53 Å². The number of amides is 1. The summed E-state index contributed by atoms with van der Waals surface area (Å²) < 4.78 is 5.67. The van der Waals surface area contributed by atoms with E-state index in [9.17, 15) is 4.79 Å². The summed E-state index contributed by atoms with van der Waals surface area (Å²) in [5.41, 5.74) is 2.00. The molecule has 1 amide bonds. The minimum absolute atomic E-state index is 0.0259. The lowest BCUT2D eigenvalue weighted by Crippen LogP contribution is -2.38. The number of hydrogen-bond acceptors (Lipinski definition) is 5. The van der Waals surface area contributed by atoms with Crippen LogP contribution in [0.15, 0.2) is 18.5 Å². The number of nitrogens with zero attached hydrogens (tertiary/aromatic N) is 3.